The van der Waals surface area contributed by atoms with Gasteiger partial charge in [-0.05, 0) is 68.2 Å². The van der Waals surface area contributed by atoms with Gasteiger partial charge in [-0.15, -0.1) is 0 Å². The quantitative estimate of drug-likeness (QED) is 0.569. The number of hydrogen-bond acceptors (Lipinski definition) is 4. The van der Waals surface area contributed by atoms with E-state index in [1.165, 1.54) is 48.2 Å². The van der Waals surface area contributed by atoms with Crippen LogP contribution in [0.25, 0.3) is 0 Å². The summed E-state index contributed by atoms with van der Waals surface area (Å²) in [7, 11) is 0. The van der Waals surface area contributed by atoms with Gasteiger partial charge in [-0.25, -0.2) is 0 Å². The molecule has 2 aromatic rings. The first-order chi connectivity index (χ1) is 17.7. The van der Waals surface area contributed by atoms with Crippen LogP contribution < -0.4 is 20.4 Å². The highest BCUT2D eigenvalue weighted by molar-refractivity contribution is 5.82. The molecule has 0 bridgehead atoms. The first-order valence-electron chi connectivity index (χ1n) is 13.9. The van der Waals surface area contributed by atoms with Crippen molar-refractivity contribution in [2.24, 2.45) is 11.8 Å². The highest BCUT2D eigenvalue weighted by atomic mass is 16.2. The minimum atomic E-state index is -0.0923. The zero-order valence-corrected chi connectivity index (χ0v) is 21.4. The zero-order valence-electron chi connectivity index (χ0n) is 21.4. The number of carbonyl (C=O) groups is 2. The lowest BCUT2D eigenvalue weighted by Gasteiger charge is -2.28. The molecule has 6 heteroatoms. The van der Waals surface area contributed by atoms with E-state index in [0.29, 0.717) is 19.5 Å². The summed E-state index contributed by atoms with van der Waals surface area (Å²) in [4.78, 5) is 31.0. The van der Waals surface area contributed by atoms with E-state index in [1.54, 1.807) is 0 Å². The molecule has 2 aromatic carbocycles. The Morgan fingerprint density at radius 3 is 1.50 bits per heavy atom. The molecule has 1 aliphatic carbocycles. The lowest BCUT2D eigenvalue weighted by molar-refractivity contribution is -0.130. The molecule has 2 saturated heterocycles. The molecule has 36 heavy (non-hydrogen) atoms. The van der Waals surface area contributed by atoms with Gasteiger partial charge in [0.15, 0.2) is 0 Å². The fourth-order valence-electron chi connectivity index (χ4n) is 6.17. The third-order valence-corrected chi connectivity index (χ3v) is 8.20. The maximum Gasteiger partial charge on any atom is 0.223 e. The number of amides is 2. The molecule has 2 aliphatic heterocycles. The van der Waals surface area contributed by atoms with Gasteiger partial charge < -0.3 is 20.4 Å². The summed E-state index contributed by atoms with van der Waals surface area (Å²) in [5.41, 5.74) is 4.83. The van der Waals surface area contributed by atoms with Crippen LogP contribution in [0.5, 0.6) is 0 Å². The van der Waals surface area contributed by atoms with Crippen LogP contribution in [0.3, 0.4) is 0 Å². The van der Waals surface area contributed by atoms with Gasteiger partial charge in [-0.3, -0.25) is 9.59 Å². The van der Waals surface area contributed by atoms with Gasteiger partial charge in [0, 0.05) is 62.5 Å². The monoisotopic (exact) mass is 488 g/mol. The van der Waals surface area contributed by atoms with Crippen LogP contribution in [0.1, 0.15) is 62.5 Å². The third kappa shape index (κ3) is 5.85. The predicted molar refractivity (Wildman–Crippen MR) is 145 cm³/mol. The summed E-state index contributed by atoms with van der Waals surface area (Å²) in [6.07, 6.45) is 8.21. The largest absolute Gasteiger partial charge is 0.371 e. The van der Waals surface area contributed by atoms with Crippen molar-refractivity contribution < 1.29 is 9.59 Å². The third-order valence-electron chi connectivity index (χ3n) is 8.20. The minimum Gasteiger partial charge on any atom is -0.371 e. The van der Waals surface area contributed by atoms with Crippen LogP contribution in [0.15, 0.2) is 48.5 Å². The predicted octanol–water partition coefficient (Wildman–Crippen LogP) is 4.63. The van der Waals surface area contributed by atoms with E-state index < -0.39 is 0 Å². The summed E-state index contributed by atoms with van der Waals surface area (Å²) in [5, 5.41) is 6.37. The number of nitrogens with one attached hydrogen (secondary N) is 2. The van der Waals surface area contributed by atoms with Gasteiger partial charge in [-0.1, -0.05) is 42.8 Å². The van der Waals surface area contributed by atoms with Crippen LogP contribution in [-0.2, 0) is 22.7 Å². The number of benzene rings is 2. The normalized spacial score (nSPS) is 22.0. The Hall–Kier alpha value is -3.02. The molecule has 3 aliphatic rings. The van der Waals surface area contributed by atoms with E-state index in [4.69, 9.17) is 0 Å². The van der Waals surface area contributed by atoms with Crippen molar-refractivity contribution in [3.05, 3.63) is 59.7 Å². The van der Waals surface area contributed by atoms with Crippen molar-refractivity contribution in [2.75, 3.05) is 36.0 Å². The van der Waals surface area contributed by atoms with E-state index in [2.05, 4.69) is 56.8 Å². The first-order valence-corrected chi connectivity index (χ1v) is 13.9. The van der Waals surface area contributed by atoms with Crippen LogP contribution in [0.2, 0.25) is 0 Å². The molecule has 0 aromatic heterocycles. The molecule has 2 heterocycles. The second-order valence-corrected chi connectivity index (χ2v) is 10.6. The van der Waals surface area contributed by atoms with Gasteiger partial charge in [-0.2, -0.15) is 0 Å². The van der Waals surface area contributed by atoms with Crippen LogP contribution in [0, 0.1) is 11.8 Å². The van der Waals surface area contributed by atoms with E-state index in [9.17, 15) is 9.59 Å². The Balaban J connectivity index is 1.13. The average Bonchev–Trinajstić information content (AvgIpc) is 3.66. The molecule has 2 N–H and O–H groups in total. The topological polar surface area (TPSA) is 64.7 Å². The second-order valence-electron chi connectivity index (χ2n) is 10.6. The van der Waals surface area contributed by atoms with E-state index in [0.717, 1.165) is 45.4 Å². The first kappa shape index (κ1) is 24.7. The number of para-hydroxylation sites is 2. The second kappa shape index (κ2) is 11.8. The molecule has 5 rings (SSSR count). The number of nitrogens with zero attached hydrogens (tertiary/aromatic N) is 2. The lowest BCUT2D eigenvalue weighted by Crippen LogP contribution is -2.38. The molecule has 6 nitrogen and oxygen atoms in total. The summed E-state index contributed by atoms with van der Waals surface area (Å²) in [6, 6.07) is 16.8. The molecule has 1 saturated carbocycles. The summed E-state index contributed by atoms with van der Waals surface area (Å²) in [5.74, 6) is -0.0121. The van der Waals surface area contributed by atoms with Gasteiger partial charge in [0.25, 0.3) is 0 Å². The van der Waals surface area contributed by atoms with Crippen LogP contribution >= 0.6 is 0 Å². The molecule has 0 radical (unpaired) electrons. The van der Waals surface area contributed by atoms with Gasteiger partial charge in [0.2, 0.25) is 11.8 Å². The molecule has 0 spiro atoms. The van der Waals surface area contributed by atoms with Gasteiger partial charge in [0.1, 0.15) is 0 Å². The van der Waals surface area contributed by atoms with Crippen molar-refractivity contribution in [1.29, 1.82) is 0 Å². The molecule has 2 amide bonds. The molecular formula is C30H40N4O2. The molecule has 2 atom stereocenters. The lowest BCUT2D eigenvalue weighted by atomic mass is 9.80. The van der Waals surface area contributed by atoms with Crippen molar-refractivity contribution >= 4 is 23.2 Å². The number of carbonyl (C=O) groups excluding carboxylic acids is 2. The van der Waals surface area contributed by atoms with Crippen LogP contribution in [0.4, 0.5) is 11.4 Å². The Kier molecular flexibility index (Phi) is 8.09. The van der Waals surface area contributed by atoms with Crippen LogP contribution in [-0.4, -0.2) is 38.0 Å². The molecule has 3 fully saturated rings. The maximum absolute atomic E-state index is 13.1. The van der Waals surface area contributed by atoms with Gasteiger partial charge >= 0.3 is 0 Å². The average molecular weight is 489 g/mol. The summed E-state index contributed by atoms with van der Waals surface area (Å²) in [6.45, 7) is 5.46. The van der Waals surface area contributed by atoms with E-state index in [1.807, 2.05) is 12.1 Å². The Labute approximate surface area is 215 Å². The summed E-state index contributed by atoms with van der Waals surface area (Å²) < 4.78 is 0. The van der Waals surface area contributed by atoms with Crippen molar-refractivity contribution in [2.45, 2.75) is 64.5 Å². The molecular weight excluding hydrogens is 448 g/mol. The van der Waals surface area contributed by atoms with Gasteiger partial charge in [0.05, 0.1) is 0 Å². The van der Waals surface area contributed by atoms with E-state index in [-0.39, 0.29) is 23.7 Å². The summed E-state index contributed by atoms with van der Waals surface area (Å²) >= 11 is 0. The Morgan fingerprint density at radius 1 is 0.639 bits per heavy atom. The number of hydrogen-bond donors (Lipinski definition) is 2. The highest BCUT2D eigenvalue weighted by Crippen LogP contribution is 2.31. The molecule has 2 unspecified atom stereocenters. The maximum atomic E-state index is 13.1. The fraction of sp³-hybridized carbons (Fsp3) is 0.533. The SMILES string of the molecule is O=C(NCc1ccccc1N1CCCC1)C1CCCC(C(=O)NCc2ccccc2N2CCCC2)C1. The zero-order chi connectivity index (χ0) is 24.7. The smallest absolute Gasteiger partial charge is 0.223 e. The van der Waals surface area contributed by atoms with Crippen molar-refractivity contribution in [1.82, 2.24) is 10.6 Å². The number of anilines is 2. The van der Waals surface area contributed by atoms with Crippen molar-refractivity contribution in [3.8, 4) is 0 Å². The fourth-order valence-corrected chi connectivity index (χ4v) is 6.17. The Bertz CT molecular complexity index is 961. The standard InChI is InChI=1S/C30H40N4O2/c35-29(31-21-25-10-1-3-14-27(25)33-16-5-6-17-33)23-12-9-13-24(20-23)30(36)32-22-26-11-2-4-15-28(26)34-18-7-8-19-34/h1-4,10-11,14-15,23-24H,5-9,12-13,16-22H2,(H,31,35)(H,32,36). The molecule has 192 valence electrons. The Morgan fingerprint density at radius 2 is 1.06 bits per heavy atom. The highest BCUT2D eigenvalue weighted by Gasteiger charge is 2.31. The minimum absolute atomic E-state index is 0.0862. The van der Waals surface area contributed by atoms with Crippen molar-refractivity contribution in [3.63, 3.8) is 0 Å². The van der Waals surface area contributed by atoms with E-state index >= 15 is 0 Å². The number of rotatable bonds is 8.